The molecule has 8 nitrogen and oxygen atoms in total. The molecule has 2 aliphatic rings. The summed E-state index contributed by atoms with van der Waals surface area (Å²) in [5, 5.41) is 14.2. The topological polar surface area (TPSA) is 101 Å². The molecule has 4 rings (SSSR count). The summed E-state index contributed by atoms with van der Waals surface area (Å²) in [6, 6.07) is 7.28. The molecule has 0 aliphatic carbocycles. The fourth-order valence-electron chi connectivity index (χ4n) is 4.49. The Morgan fingerprint density at radius 3 is 2.51 bits per heavy atom. The third kappa shape index (κ3) is 6.61. The molecular weight excluding hydrogens is 470 g/mol. The second kappa shape index (κ2) is 12.1. The van der Waals surface area contributed by atoms with Crippen LogP contribution in [0.1, 0.15) is 69.9 Å². The molecule has 2 N–H and O–H groups in total. The fraction of sp³-hybridized carbons (Fsp3) is 0.483. The van der Waals surface area contributed by atoms with Crippen molar-refractivity contribution in [3.8, 4) is 5.75 Å². The second-order valence-corrected chi connectivity index (χ2v) is 10.4. The predicted molar refractivity (Wildman–Crippen MR) is 145 cm³/mol. The number of nitrogens with zero attached hydrogens (tertiary/aromatic N) is 2. The van der Waals surface area contributed by atoms with Crippen molar-refractivity contribution >= 4 is 23.1 Å². The molecule has 1 saturated heterocycles. The minimum Gasteiger partial charge on any atom is -0.491 e. The van der Waals surface area contributed by atoms with E-state index >= 15 is 0 Å². The lowest BCUT2D eigenvalue weighted by Crippen LogP contribution is -2.41. The third-order valence-corrected chi connectivity index (χ3v) is 6.42. The molecule has 3 heterocycles. The molecule has 1 fully saturated rings. The average Bonchev–Trinajstić information content (AvgIpc) is 3.26. The number of pyridine rings is 1. The SMILES string of the molecule is CC(C)C.CCC(C)=c1c(OCC2CCC(=O)N2)ccc/c1=C1\c2cc(=O)c(C(=O)O)cn2CCN1C. The minimum absolute atomic E-state index is 0.00492. The second-order valence-electron chi connectivity index (χ2n) is 10.4. The molecule has 0 saturated carbocycles. The summed E-state index contributed by atoms with van der Waals surface area (Å²) in [6.45, 7) is 12.3. The smallest absolute Gasteiger partial charge is 0.341 e. The van der Waals surface area contributed by atoms with Crippen LogP contribution in [0.4, 0.5) is 0 Å². The van der Waals surface area contributed by atoms with E-state index in [1.54, 1.807) is 0 Å². The van der Waals surface area contributed by atoms with Crippen molar-refractivity contribution in [2.75, 3.05) is 20.2 Å². The Morgan fingerprint density at radius 2 is 1.92 bits per heavy atom. The number of rotatable bonds is 5. The first-order valence-corrected chi connectivity index (χ1v) is 13.0. The van der Waals surface area contributed by atoms with Crippen molar-refractivity contribution in [1.82, 2.24) is 14.8 Å². The first-order valence-electron chi connectivity index (χ1n) is 13.0. The van der Waals surface area contributed by atoms with E-state index < -0.39 is 11.4 Å². The quantitative estimate of drug-likeness (QED) is 0.643. The van der Waals surface area contributed by atoms with E-state index in [0.717, 1.165) is 46.2 Å². The van der Waals surface area contributed by atoms with Gasteiger partial charge in [0.1, 0.15) is 17.9 Å². The molecule has 1 amide bonds. The number of fused-ring (bicyclic) bond motifs is 1. The van der Waals surface area contributed by atoms with Gasteiger partial charge in [-0.3, -0.25) is 9.59 Å². The Labute approximate surface area is 218 Å². The molecule has 1 unspecified atom stereocenters. The zero-order chi connectivity index (χ0) is 27.3. The summed E-state index contributed by atoms with van der Waals surface area (Å²) in [4.78, 5) is 37.7. The van der Waals surface area contributed by atoms with Crippen LogP contribution < -0.4 is 25.9 Å². The van der Waals surface area contributed by atoms with Crippen LogP contribution in [0.25, 0.3) is 11.3 Å². The summed E-state index contributed by atoms with van der Waals surface area (Å²) in [6.07, 6.45) is 3.53. The van der Waals surface area contributed by atoms with Gasteiger partial charge >= 0.3 is 5.97 Å². The zero-order valence-corrected chi connectivity index (χ0v) is 22.8. The molecule has 1 aromatic heterocycles. The van der Waals surface area contributed by atoms with Gasteiger partial charge in [0.2, 0.25) is 5.91 Å². The Balaban J connectivity index is 0.000000886. The highest BCUT2D eigenvalue weighted by Crippen LogP contribution is 2.20. The van der Waals surface area contributed by atoms with Crippen LogP contribution in [0.2, 0.25) is 0 Å². The van der Waals surface area contributed by atoms with Gasteiger partial charge in [0.15, 0.2) is 5.43 Å². The first kappa shape index (κ1) is 28.0. The van der Waals surface area contributed by atoms with E-state index in [4.69, 9.17) is 4.74 Å². The van der Waals surface area contributed by atoms with Crippen molar-refractivity contribution in [2.24, 2.45) is 5.92 Å². The number of likely N-dealkylation sites (N-methyl/N-ethyl adjacent to an activating group) is 1. The van der Waals surface area contributed by atoms with Crippen molar-refractivity contribution < 1.29 is 19.4 Å². The number of carboxylic acids is 1. The molecule has 2 aliphatic heterocycles. The van der Waals surface area contributed by atoms with E-state index in [1.807, 2.05) is 29.8 Å². The van der Waals surface area contributed by atoms with Crippen molar-refractivity contribution in [2.45, 2.75) is 66.5 Å². The van der Waals surface area contributed by atoms with Crippen LogP contribution >= 0.6 is 0 Å². The highest BCUT2D eigenvalue weighted by Gasteiger charge is 2.24. The molecule has 0 bridgehead atoms. The number of carbonyl (C=O) groups excluding carboxylic acids is 1. The summed E-state index contributed by atoms with van der Waals surface area (Å²) in [5.74, 6) is 0.396. The molecule has 200 valence electrons. The predicted octanol–water partition coefficient (Wildman–Crippen LogP) is 2.55. The molecule has 0 radical (unpaired) electrons. The van der Waals surface area contributed by atoms with E-state index in [2.05, 4.69) is 44.8 Å². The molecule has 1 atom stereocenters. The lowest BCUT2D eigenvalue weighted by molar-refractivity contribution is -0.119. The van der Waals surface area contributed by atoms with Crippen molar-refractivity contribution in [3.63, 3.8) is 0 Å². The van der Waals surface area contributed by atoms with Crippen LogP contribution in [0.15, 0.2) is 35.3 Å². The number of aromatic nitrogens is 1. The lowest BCUT2D eigenvalue weighted by atomic mass is 10.0. The van der Waals surface area contributed by atoms with Crippen molar-refractivity contribution in [1.29, 1.82) is 0 Å². The highest BCUT2D eigenvalue weighted by molar-refractivity contribution is 5.87. The number of ether oxygens (including phenoxy) is 1. The fourth-order valence-corrected chi connectivity index (χ4v) is 4.49. The number of nitrogens with one attached hydrogen (secondary N) is 1. The van der Waals surface area contributed by atoms with E-state index in [1.165, 1.54) is 12.3 Å². The lowest BCUT2D eigenvalue weighted by Gasteiger charge is -2.32. The number of benzene rings is 1. The molecule has 2 aromatic rings. The van der Waals surface area contributed by atoms with E-state index in [9.17, 15) is 19.5 Å². The van der Waals surface area contributed by atoms with Crippen LogP contribution in [-0.4, -0.2) is 52.7 Å². The number of carbonyl (C=O) groups is 2. The van der Waals surface area contributed by atoms with Crippen LogP contribution in [0, 0.1) is 5.92 Å². The maximum absolute atomic E-state index is 12.5. The summed E-state index contributed by atoms with van der Waals surface area (Å²) < 4.78 is 8.05. The number of hydrogen-bond donors (Lipinski definition) is 2. The monoisotopic (exact) mass is 509 g/mol. The van der Waals surface area contributed by atoms with Gasteiger partial charge in [0.25, 0.3) is 0 Å². The van der Waals surface area contributed by atoms with E-state index in [0.29, 0.717) is 31.8 Å². The standard InChI is InChI=1S/C25H29N3O5.C4H10/c1-4-15(2)23-17(6-5-7-21(23)33-14-16-8-9-22(30)26-16)24-19-12-20(29)18(25(31)32)13-28(19)11-10-27(24)3;1-4(2)3/h5-7,12-13,16H,4,8-11,14H2,1-3H3,(H,26,30)(H,31,32);4H,1-3H3/b23-15?,24-17-;. The Morgan fingerprint density at radius 1 is 1.22 bits per heavy atom. The van der Waals surface area contributed by atoms with Gasteiger partial charge in [-0.1, -0.05) is 45.4 Å². The zero-order valence-electron chi connectivity index (χ0n) is 22.8. The van der Waals surface area contributed by atoms with Crippen LogP contribution in [0.3, 0.4) is 0 Å². The molecule has 37 heavy (non-hydrogen) atoms. The van der Waals surface area contributed by atoms with Crippen LogP contribution in [0.5, 0.6) is 5.75 Å². The molecule has 1 aromatic carbocycles. The molecular formula is C29H39N3O5. The van der Waals surface area contributed by atoms with Crippen molar-refractivity contribution in [3.05, 3.63) is 62.4 Å². The maximum atomic E-state index is 12.5. The van der Waals surface area contributed by atoms with Crippen LogP contribution in [-0.2, 0) is 11.3 Å². The number of aromatic carboxylic acids is 1. The first-order chi connectivity index (χ1) is 17.5. The summed E-state index contributed by atoms with van der Waals surface area (Å²) in [7, 11) is 1.97. The van der Waals surface area contributed by atoms with Gasteiger partial charge in [-0.2, -0.15) is 0 Å². The third-order valence-electron chi connectivity index (χ3n) is 6.42. The normalized spacial score (nSPS) is 19.1. The summed E-state index contributed by atoms with van der Waals surface area (Å²) >= 11 is 0. The van der Waals surface area contributed by atoms with Gasteiger partial charge < -0.3 is 24.6 Å². The Bertz CT molecular complexity index is 1340. The molecule has 8 heteroatoms. The molecule has 0 spiro atoms. The van der Waals surface area contributed by atoms with Gasteiger partial charge in [0, 0.05) is 49.3 Å². The Kier molecular flexibility index (Phi) is 9.18. The van der Waals surface area contributed by atoms with E-state index in [-0.39, 0.29) is 17.5 Å². The number of amides is 1. The largest absolute Gasteiger partial charge is 0.491 e. The van der Waals surface area contributed by atoms with Gasteiger partial charge in [-0.15, -0.1) is 0 Å². The number of hydrogen-bond acceptors (Lipinski definition) is 5. The maximum Gasteiger partial charge on any atom is 0.341 e. The minimum atomic E-state index is -1.22. The van der Waals surface area contributed by atoms with Gasteiger partial charge in [-0.25, -0.2) is 4.79 Å². The van der Waals surface area contributed by atoms with Gasteiger partial charge in [0.05, 0.1) is 17.4 Å². The summed E-state index contributed by atoms with van der Waals surface area (Å²) in [5.41, 5.74) is 1.94. The Hall–Kier alpha value is -3.55. The highest BCUT2D eigenvalue weighted by atomic mass is 16.5. The van der Waals surface area contributed by atoms with Gasteiger partial charge in [-0.05, 0) is 31.7 Å². The average molecular weight is 510 g/mol. The number of carboxylic acid groups (broad SMARTS) is 1.